The summed E-state index contributed by atoms with van der Waals surface area (Å²) >= 11 is -0.823. The van der Waals surface area contributed by atoms with Gasteiger partial charge in [-0.2, -0.15) is 0 Å². The minimum absolute atomic E-state index is 0.628. The number of rotatable bonds is 3. The van der Waals surface area contributed by atoms with Gasteiger partial charge in [0.1, 0.15) is 0 Å². The summed E-state index contributed by atoms with van der Waals surface area (Å²) in [6.07, 6.45) is 0.948. The molecular weight excluding hydrogens is 120 g/mol. The Hall–Kier alpha value is 0.292. The van der Waals surface area contributed by atoms with E-state index in [0.29, 0.717) is 6.61 Å². The van der Waals surface area contributed by atoms with E-state index in [1.807, 2.05) is 6.92 Å². The third-order valence-corrected chi connectivity index (χ3v) is 0.746. The van der Waals surface area contributed by atoms with Gasteiger partial charge < -0.3 is 0 Å². The quantitative estimate of drug-likeness (QED) is 0.523. The molecule has 0 aliphatic heterocycles. The molecule has 0 aromatic rings. The fourth-order valence-electron chi connectivity index (χ4n) is 0.117. The first-order chi connectivity index (χ1) is 2.91. The van der Waals surface area contributed by atoms with Gasteiger partial charge in [-0.3, -0.25) is 0 Å². The van der Waals surface area contributed by atoms with Crippen LogP contribution in [0.3, 0.4) is 0 Å². The molecule has 0 amide bonds. The predicted molar refractivity (Wildman–Crippen MR) is 16.9 cm³/mol. The molecule has 0 fully saturated rings. The molecule has 0 saturated carbocycles. The monoisotopic (exact) mass is 127 g/mol. The molecule has 0 heterocycles. The molecule has 3 heteroatoms. The topological polar surface area (TPSA) is 26.3 Å². The maximum absolute atomic E-state index is 9.53. The summed E-state index contributed by atoms with van der Waals surface area (Å²) in [5.41, 5.74) is 0. The van der Waals surface area contributed by atoms with Crippen LogP contribution in [0, 0.1) is 0 Å². The molecule has 0 unspecified atom stereocenters. The van der Waals surface area contributed by atoms with Gasteiger partial charge in [-0.05, 0) is 0 Å². The first-order valence-electron chi connectivity index (χ1n) is 1.83. The van der Waals surface area contributed by atoms with Crippen LogP contribution in [0.2, 0.25) is 0 Å². The van der Waals surface area contributed by atoms with Gasteiger partial charge in [-0.25, -0.2) is 0 Å². The van der Waals surface area contributed by atoms with Crippen LogP contribution in [-0.2, 0) is 23.1 Å². The zero-order chi connectivity index (χ0) is 4.83. The van der Waals surface area contributed by atoms with E-state index in [-0.39, 0.29) is 0 Å². The van der Waals surface area contributed by atoms with Crippen LogP contribution in [0.5, 0.6) is 0 Å². The third kappa shape index (κ3) is 4.29. The van der Waals surface area contributed by atoms with E-state index < -0.39 is 15.5 Å². The molecule has 0 aliphatic rings. The van der Waals surface area contributed by atoms with Crippen LogP contribution in [0.1, 0.15) is 13.3 Å². The Kier molecular flexibility index (Phi) is 5.55. The van der Waals surface area contributed by atoms with Gasteiger partial charge in [-0.1, -0.05) is 0 Å². The van der Waals surface area contributed by atoms with E-state index in [2.05, 4.69) is 3.79 Å². The predicted octanol–water partition coefficient (Wildman–Crippen LogP) is 0.756. The van der Waals surface area contributed by atoms with Crippen molar-refractivity contribution in [1.82, 2.24) is 0 Å². The second kappa shape index (κ2) is 5.29. The van der Waals surface area contributed by atoms with Crippen LogP contribution >= 0.6 is 0 Å². The van der Waals surface area contributed by atoms with Crippen LogP contribution in [0.25, 0.3) is 0 Å². The zero-order valence-corrected chi connectivity index (χ0v) is 4.91. The summed E-state index contributed by atoms with van der Waals surface area (Å²) in [7, 11) is 0. The molecule has 0 aromatic heterocycles. The Labute approximate surface area is 43.8 Å². The first-order valence-corrected chi connectivity index (χ1v) is 2.87. The van der Waals surface area contributed by atoms with Gasteiger partial charge in [0.2, 0.25) is 0 Å². The molecule has 2 nitrogen and oxygen atoms in total. The van der Waals surface area contributed by atoms with E-state index >= 15 is 0 Å². The molecule has 0 spiro atoms. The Balaban J connectivity index is 2.49. The average Bonchev–Trinajstić information content (AvgIpc) is 1.61. The molecule has 0 atom stereocenters. The van der Waals surface area contributed by atoms with Gasteiger partial charge in [-0.15, -0.1) is 0 Å². The number of hydrogen-bond donors (Lipinski definition) is 0. The second-order valence-electron chi connectivity index (χ2n) is 0.890. The standard InChI is InChI=1S/C3H7O.Cr.O/c1-2-3-4;;/h2-3H2,1H3;;/q-1;+1;. The Morgan fingerprint density at radius 1 is 1.83 bits per heavy atom. The van der Waals surface area contributed by atoms with E-state index in [1.165, 1.54) is 0 Å². The summed E-state index contributed by atoms with van der Waals surface area (Å²) in [4.78, 5) is 0. The van der Waals surface area contributed by atoms with Gasteiger partial charge in [0.15, 0.2) is 0 Å². The molecule has 0 bridgehead atoms. The second-order valence-corrected chi connectivity index (χ2v) is 1.47. The summed E-state index contributed by atoms with van der Waals surface area (Å²) in [6, 6.07) is 0. The minimum atomic E-state index is -0.823. The summed E-state index contributed by atoms with van der Waals surface area (Å²) in [6.45, 7) is 2.61. The van der Waals surface area contributed by atoms with Crippen molar-refractivity contribution < 1.29 is 23.1 Å². The van der Waals surface area contributed by atoms with Crippen molar-refractivity contribution in [3.05, 3.63) is 0 Å². The Morgan fingerprint density at radius 2 is 2.50 bits per heavy atom. The fraction of sp³-hybridized carbons (Fsp3) is 1.00. The molecule has 0 radical (unpaired) electrons. The van der Waals surface area contributed by atoms with Crippen molar-refractivity contribution in [3.8, 4) is 0 Å². The van der Waals surface area contributed by atoms with Gasteiger partial charge in [0, 0.05) is 0 Å². The molecule has 0 N–H and O–H groups in total. The van der Waals surface area contributed by atoms with Crippen LogP contribution in [0.15, 0.2) is 0 Å². The summed E-state index contributed by atoms with van der Waals surface area (Å²) in [5, 5.41) is 0. The third-order valence-electron chi connectivity index (χ3n) is 0.336. The van der Waals surface area contributed by atoms with Crippen LogP contribution < -0.4 is 0 Å². The van der Waals surface area contributed by atoms with Gasteiger partial charge >= 0.3 is 43.0 Å². The zero-order valence-electron chi connectivity index (χ0n) is 3.64. The maximum atomic E-state index is 9.53. The van der Waals surface area contributed by atoms with Crippen molar-refractivity contribution in [2.45, 2.75) is 13.3 Å². The molecule has 0 rings (SSSR count). The van der Waals surface area contributed by atoms with E-state index in [1.54, 1.807) is 0 Å². The van der Waals surface area contributed by atoms with Crippen molar-refractivity contribution in [2.24, 2.45) is 0 Å². The molecule has 0 aromatic carbocycles. The van der Waals surface area contributed by atoms with Gasteiger partial charge in [0.25, 0.3) is 0 Å². The van der Waals surface area contributed by atoms with Crippen molar-refractivity contribution in [1.29, 1.82) is 0 Å². The van der Waals surface area contributed by atoms with Crippen LogP contribution in [-0.4, -0.2) is 6.61 Å². The van der Waals surface area contributed by atoms with E-state index in [9.17, 15) is 3.80 Å². The van der Waals surface area contributed by atoms with E-state index in [4.69, 9.17) is 0 Å². The molecule has 6 heavy (non-hydrogen) atoms. The Morgan fingerprint density at radius 3 is 2.67 bits per heavy atom. The normalized spacial score (nSPS) is 8.17. The molecule has 37 valence electrons. The van der Waals surface area contributed by atoms with Crippen LogP contribution in [0.4, 0.5) is 0 Å². The molecule has 0 aliphatic carbocycles. The fourth-order valence-corrected chi connectivity index (χ4v) is 0.484. The van der Waals surface area contributed by atoms with E-state index in [0.717, 1.165) is 6.42 Å². The molecule has 0 saturated heterocycles. The van der Waals surface area contributed by atoms with Crippen molar-refractivity contribution in [2.75, 3.05) is 6.61 Å². The number of hydrogen-bond acceptors (Lipinski definition) is 2. The van der Waals surface area contributed by atoms with Crippen molar-refractivity contribution in [3.63, 3.8) is 0 Å². The van der Waals surface area contributed by atoms with Gasteiger partial charge in [0.05, 0.1) is 0 Å². The summed E-state index contributed by atoms with van der Waals surface area (Å²) in [5.74, 6) is 0. The Bertz CT molecular complexity index is 37.8. The first kappa shape index (κ1) is 6.29. The SMILES string of the molecule is CCC[O][Cr]=[O]. The molecular formula is C3H7CrO2. The summed E-state index contributed by atoms with van der Waals surface area (Å²) < 4.78 is 14.0. The average molecular weight is 127 g/mol. The van der Waals surface area contributed by atoms with Crippen molar-refractivity contribution >= 4 is 0 Å².